The van der Waals surface area contributed by atoms with Crippen LogP contribution >= 0.6 is 15.9 Å². The molecule has 1 rings (SSSR count). The largest absolute Gasteiger partial charge is 0.496 e. The van der Waals surface area contributed by atoms with Gasteiger partial charge in [-0.15, -0.1) is 0 Å². The molecular formula is C11H13BrO4. The van der Waals surface area contributed by atoms with Crippen LogP contribution in [0.2, 0.25) is 0 Å². The lowest BCUT2D eigenvalue weighted by Gasteiger charge is -2.16. The van der Waals surface area contributed by atoms with E-state index in [1.807, 2.05) is 13.0 Å². The number of aliphatic hydroxyl groups excluding tert-OH is 1. The molecule has 1 atom stereocenters. The number of hydrogen-bond donors (Lipinski definition) is 1. The van der Waals surface area contributed by atoms with E-state index in [1.54, 1.807) is 6.07 Å². The minimum Gasteiger partial charge on any atom is -0.496 e. The molecule has 0 radical (unpaired) electrons. The summed E-state index contributed by atoms with van der Waals surface area (Å²) in [5.41, 5.74) is 1.22. The fourth-order valence-corrected chi connectivity index (χ4v) is 1.97. The summed E-state index contributed by atoms with van der Waals surface area (Å²) >= 11 is 3.27. The molecule has 0 bridgehead atoms. The lowest BCUT2D eigenvalue weighted by atomic mass is 10.0. The molecule has 0 saturated heterocycles. The molecule has 0 spiro atoms. The Morgan fingerprint density at radius 2 is 2.06 bits per heavy atom. The Bertz CT molecular complexity index is 403. The van der Waals surface area contributed by atoms with E-state index < -0.39 is 12.1 Å². The zero-order valence-corrected chi connectivity index (χ0v) is 10.9. The zero-order chi connectivity index (χ0) is 12.3. The number of ether oxygens (including phenoxy) is 2. The number of aryl methyl sites for hydroxylation is 1. The molecular weight excluding hydrogens is 276 g/mol. The van der Waals surface area contributed by atoms with Crippen molar-refractivity contribution in [1.82, 2.24) is 0 Å². The third-order valence-corrected chi connectivity index (χ3v) is 2.93. The maximum Gasteiger partial charge on any atom is 0.339 e. The van der Waals surface area contributed by atoms with E-state index in [-0.39, 0.29) is 0 Å². The molecule has 0 saturated carbocycles. The average molecular weight is 289 g/mol. The number of halogens is 1. The van der Waals surface area contributed by atoms with Crippen LogP contribution in [0.1, 0.15) is 17.2 Å². The highest BCUT2D eigenvalue weighted by Gasteiger charge is 2.25. The number of carbonyl (C=O) groups is 1. The molecule has 5 heteroatoms. The van der Waals surface area contributed by atoms with Gasteiger partial charge in [0.2, 0.25) is 0 Å². The second-order valence-corrected chi connectivity index (χ2v) is 4.09. The molecule has 1 aromatic rings. The Kier molecular flexibility index (Phi) is 4.32. The van der Waals surface area contributed by atoms with Crippen LogP contribution in [0.3, 0.4) is 0 Å². The van der Waals surface area contributed by atoms with Gasteiger partial charge in [-0.3, -0.25) is 0 Å². The molecule has 1 unspecified atom stereocenters. The number of aliphatic hydroxyl groups is 1. The molecule has 0 aliphatic carbocycles. The Morgan fingerprint density at radius 1 is 1.44 bits per heavy atom. The molecule has 88 valence electrons. The maximum atomic E-state index is 11.3. The Morgan fingerprint density at radius 3 is 2.56 bits per heavy atom. The summed E-state index contributed by atoms with van der Waals surface area (Å²) < 4.78 is 10.3. The quantitative estimate of drug-likeness (QED) is 0.864. The predicted octanol–water partition coefficient (Wildman–Crippen LogP) is 1.97. The van der Waals surface area contributed by atoms with Gasteiger partial charge in [0.25, 0.3) is 0 Å². The second kappa shape index (κ2) is 5.32. The van der Waals surface area contributed by atoms with Gasteiger partial charge in [0.15, 0.2) is 6.10 Å². The first-order valence-corrected chi connectivity index (χ1v) is 5.41. The first-order chi connectivity index (χ1) is 7.52. The summed E-state index contributed by atoms with van der Waals surface area (Å²) in [4.78, 5) is 11.3. The Labute approximate surface area is 102 Å². The van der Waals surface area contributed by atoms with Crippen LogP contribution in [0.25, 0.3) is 0 Å². The molecule has 0 fully saturated rings. The van der Waals surface area contributed by atoms with Crippen molar-refractivity contribution in [2.75, 3.05) is 14.2 Å². The minimum atomic E-state index is -1.35. The van der Waals surface area contributed by atoms with Crippen LogP contribution < -0.4 is 4.74 Å². The predicted molar refractivity (Wildman–Crippen MR) is 62.4 cm³/mol. The van der Waals surface area contributed by atoms with Gasteiger partial charge in [-0.25, -0.2) is 4.79 Å². The van der Waals surface area contributed by atoms with Crippen LogP contribution in [-0.4, -0.2) is 25.3 Å². The van der Waals surface area contributed by atoms with Gasteiger partial charge in [0, 0.05) is 10.0 Å². The van der Waals surface area contributed by atoms with Gasteiger partial charge in [-0.05, 0) is 18.6 Å². The van der Waals surface area contributed by atoms with Gasteiger partial charge in [0.1, 0.15) is 5.75 Å². The lowest BCUT2D eigenvalue weighted by molar-refractivity contribution is -0.150. The SMILES string of the molecule is COC(=O)C(O)c1c(Br)ccc(C)c1OC. The topological polar surface area (TPSA) is 55.8 Å². The summed E-state index contributed by atoms with van der Waals surface area (Å²) in [6.07, 6.45) is -1.35. The lowest BCUT2D eigenvalue weighted by Crippen LogP contribution is -2.15. The number of rotatable bonds is 3. The standard InChI is InChI=1S/C11H13BrO4/c1-6-4-5-7(12)8(10(6)15-2)9(13)11(14)16-3/h4-5,9,13H,1-3H3. The molecule has 0 aliphatic rings. The molecule has 1 aromatic carbocycles. The first-order valence-electron chi connectivity index (χ1n) is 4.61. The van der Waals surface area contributed by atoms with Crippen molar-refractivity contribution >= 4 is 21.9 Å². The molecule has 0 amide bonds. The summed E-state index contributed by atoms with van der Waals surface area (Å²) in [7, 11) is 2.71. The molecule has 16 heavy (non-hydrogen) atoms. The van der Waals surface area contributed by atoms with Gasteiger partial charge in [-0.1, -0.05) is 22.0 Å². The van der Waals surface area contributed by atoms with Gasteiger partial charge >= 0.3 is 5.97 Å². The average Bonchev–Trinajstić information content (AvgIpc) is 2.29. The highest BCUT2D eigenvalue weighted by atomic mass is 79.9. The fourth-order valence-electron chi connectivity index (χ4n) is 1.44. The van der Waals surface area contributed by atoms with Crippen molar-refractivity contribution in [1.29, 1.82) is 0 Å². The Hall–Kier alpha value is -1.07. The van der Waals surface area contributed by atoms with E-state index in [0.717, 1.165) is 5.56 Å². The van der Waals surface area contributed by atoms with E-state index in [1.165, 1.54) is 14.2 Å². The van der Waals surface area contributed by atoms with Crippen LogP contribution in [0.5, 0.6) is 5.75 Å². The first kappa shape index (κ1) is 13.0. The smallest absolute Gasteiger partial charge is 0.339 e. The minimum absolute atomic E-state index is 0.384. The van der Waals surface area contributed by atoms with E-state index in [9.17, 15) is 9.90 Å². The van der Waals surface area contributed by atoms with Crippen LogP contribution in [0.4, 0.5) is 0 Å². The number of carbonyl (C=O) groups excluding carboxylic acids is 1. The van der Waals surface area contributed by atoms with Crippen LogP contribution in [-0.2, 0) is 9.53 Å². The normalized spacial score (nSPS) is 12.1. The highest BCUT2D eigenvalue weighted by molar-refractivity contribution is 9.10. The Balaban J connectivity index is 3.30. The van der Waals surface area contributed by atoms with Crippen molar-refractivity contribution in [2.45, 2.75) is 13.0 Å². The van der Waals surface area contributed by atoms with Crippen LogP contribution in [0, 0.1) is 6.92 Å². The van der Waals surface area contributed by atoms with E-state index in [0.29, 0.717) is 15.8 Å². The summed E-state index contributed by atoms with van der Waals surface area (Å²) in [6, 6.07) is 3.58. The fraction of sp³-hybridized carbons (Fsp3) is 0.364. The van der Waals surface area contributed by atoms with Crippen molar-refractivity contribution in [3.8, 4) is 5.75 Å². The van der Waals surface area contributed by atoms with E-state index in [4.69, 9.17) is 4.74 Å². The zero-order valence-electron chi connectivity index (χ0n) is 9.28. The number of benzene rings is 1. The van der Waals surface area contributed by atoms with E-state index in [2.05, 4.69) is 20.7 Å². The van der Waals surface area contributed by atoms with Crippen molar-refractivity contribution in [3.05, 3.63) is 27.7 Å². The number of esters is 1. The molecule has 0 heterocycles. The van der Waals surface area contributed by atoms with Crippen LogP contribution in [0.15, 0.2) is 16.6 Å². The monoisotopic (exact) mass is 288 g/mol. The van der Waals surface area contributed by atoms with Gasteiger partial charge in [0.05, 0.1) is 14.2 Å². The van der Waals surface area contributed by atoms with Crippen molar-refractivity contribution < 1.29 is 19.4 Å². The maximum absolute atomic E-state index is 11.3. The molecule has 1 N–H and O–H groups in total. The third kappa shape index (κ3) is 2.36. The molecule has 0 aliphatic heterocycles. The summed E-state index contributed by atoms with van der Waals surface area (Å²) in [6.45, 7) is 1.83. The highest BCUT2D eigenvalue weighted by Crippen LogP contribution is 2.35. The van der Waals surface area contributed by atoms with Gasteiger partial charge in [-0.2, -0.15) is 0 Å². The summed E-state index contributed by atoms with van der Waals surface area (Å²) in [5.74, 6) is -0.239. The number of hydrogen-bond acceptors (Lipinski definition) is 4. The van der Waals surface area contributed by atoms with Crippen molar-refractivity contribution in [2.24, 2.45) is 0 Å². The second-order valence-electron chi connectivity index (χ2n) is 3.24. The molecule has 0 aromatic heterocycles. The number of methoxy groups -OCH3 is 2. The van der Waals surface area contributed by atoms with Crippen molar-refractivity contribution in [3.63, 3.8) is 0 Å². The summed E-state index contributed by atoms with van der Waals surface area (Å²) in [5, 5.41) is 9.82. The van der Waals surface area contributed by atoms with E-state index >= 15 is 0 Å². The molecule has 4 nitrogen and oxygen atoms in total. The third-order valence-electron chi connectivity index (χ3n) is 2.24. The van der Waals surface area contributed by atoms with Gasteiger partial charge < -0.3 is 14.6 Å².